The summed E-state index contributed by atoms with van der Waals surface area (Å²) >= 11 is 3.37. The molecule has 0 aromatic heterocycles. The van der Waals surface area contributed by atoms with Crippen molar-refractivity contribution in [1.29, 1.82) is 0 Å². The molecule has 4 nitrogen and oxygen atoms in total. The van der Waals surface area contributed by atoms with Crippen LogP contribution in [0.4, 0.5) is 0 Å². The number of rotatable bonds is 7. The molecule has 0 atom stereocenters. The van der Waals surface area contributed by atoms with Crippen LogP contribution in [-0.4, -0.2) is 33.4 Å². The van der Waals surface area contributed by atoms with Crippen LogP contribution in [0.15, 0.2) is 18.2 Å². The number of benzene rings is 1. The van der Waals surface area contributed by atoms with E-state index in [1.807, 2.05) is 12.1 Å². The molecule has 0 radical (unpaired) electrons. The van der Waals surface area contributed by atoms with Gasteiger partial charge in [0.05, 0.1) is 13.7 Å². The van der Waals surface area contributed by atoms with Crippen molar-refractivity contribution in [2.24, 2.45) is 0 Å². The van der Waals surface area contributed by atoms with Crippen molar-refractivity contribution in [2.45, 2.75) is 11.8 Å². The first-order valence-corrected chi connectivity index (χ1v) is 6.74. The molecule has 0 aliphatic rings. The maximum Gasteiger partial charge on any atom is 0.341 e. The third-order valence-electron chi connectivity index (χ3n) is 2.36. The molecule has 0 saturated carbocycles. The molecule has 0 amide bonds. The first kappa shape index (κ1) is 15.0. The predicted molar refractivity (Wildman–Crippen MR) is 72.4 cm³/mol. The predicted octanol–water partition coefficient (Wildman–Crippen LogP) is 2.78. The van der Waals surface area contributed by atoms with E-state index in [0.29, 0.717) is 29.9 Å². The minimum atomic E-state index is -0.391. The molecule has 100 valence electrons. The highest BCUT2D eigenvalue weighted by molar-refractivity contribution is 9.08. The average molecular weight is 317 g/mol. The number of esters is 1. The van der Waals surface area contributed by atoms with Gasteiger partial charge >= 0.3 is 5.97 Å². The van der Waals surface area contributed by atoms with E-state index in [9.17, 15) is 4.79 Å². The normalized spacial score (nSPS) is 10.2. The molecular formula is C13H17BrO4. The number of hydrogen-bond donors (Lipinski definition) is 0. The number of alkyl halides is 1. The van der Waals surface area contributed by atoms with Gasteiger partial charge in [-0.25, -0.2) is 4.79 Å². The summed E-state index contributed by atoms with van der Waals surface area (Å²) in [6, 6.07) is 5.42. The van der Waals surface area contributed by atoms with Gasteiger partial charge < -0.3 is 14.2 Å². The van der Waals surface area contributed by atoms with Crippen LogP contribution in [0.2, 0.25) is 0 Å². The van der Waals surface area contributed by atoms with Crippen LogP contribution in [0, 0.1) is 0 Å². The van der Waals surface area contributed by atoms with E-state index in [-0.39, 0.29) is 0 Å². The number of carbonyl (C=O) groups is 1. The monoisotopic (exact) mass is 316 g/mol. The molecular weight excluding hydrogens is 300 g/mol. The third-order valence-corrected chi connectivity index (χ3v) is 3.00. The largest absolute Gasteiger partial charge is 0.493 e. The van der Waals surface area contributed by atoms with Crippen LogP contribution < -0.4 is 4.74 Å². The Kier molecular flexibility index (Phi) is 6.75. The first-order valence-electron chi connectivity index (χ1n) is 5.62. The molecule has 1 aromatic rings. The Morgan fingerprint density at radius 2 is 2.06 bits per heavy atom. The first-order chi connectivity index (χ1) is 8.72. The van der Waals surface area contributed by atoms with Gasteiger partial charge in [-0.05, 0) is 17.7 Å². The second-order valence-corrected chi connectivity index (χ2v) is 4.21. The molecule has 0 heterocycles. The molecule has 0 saturated heterocycles. The summed E-state index contributed by atoms with van der Waals surface area (Å²) in [4.78, 5) is 11.6. The molecule has 0 N–H and O–H groups in total. The van der Waals surface area contributed by atoms with Crippen molar-refractivity contribution in [2.75, 3.05) is 27.4 Å². The van der Waals surface area contributed by atoms with E-state index < -0.39 is 5.97 Å². The SMILES string of the molecule is COCCCOc1cc(CBr)ccc1C(=O)OC. The van der Waals surface area contributed by atoms with Gasteiger partial charge in [0, 0.05) is 25.5 Å². The summed E-state index contributed by atoms with van der Waals surface area (Å²) in [6.07, 6.45) is 0.773. The molecule has 1 rings (SSSR count). The van der Waals surface area contributed by atoms with Gasteiger partial charge in [0.1, 0.15) is 11.3 Å². The second-order valence-electron chi connectivity index (χ2n) is 3.65. The highest BCUT2D eigenvalue weighted by Crippen LogP contribution is 2.23. The Morgan fingerprint density at radius 1 is 1.28 bits per heavy atom. The topological polar surface area (TPSA) is 44.8 Å². The van der Waals surface area contributed by atoms with Crippen LogP contribution in [0.25, 0.3) is 0 Å². The van der Waals surface area contributed by atoms with Crippen molar-refractivity contribution >= 4 is 21.9 Å². The molecule has 1 aromatic carbocycles. The summed E-state index contributed by atoms with van der Waals surface area (Å²) in [5.74, 6) is 0.160. The maximum atomic E-state index is 11.6. The number of halogens is 1. The van der Waals surface area contributed by atoms with Crippen LogP contribution >= 0.6 is 15.9 Å². The fourth-order valence-electron chi connectivity index (χ4n) is 1.43. The number of ether oxygens (including phenoxy) is 3. The smallest absolute Gasteiger partial charge is 0.341 e. The van der Waals surface area contributed by atoms with Gasteiger partial charge in [-0.1, -0.05) is 22.0 Å². The lowest BCUT2D eigenvalue weighted by Gasteiger charge is -2.11. The lowest BCUT2D eigenvalue weighted by Crippen LogP contribution is -2.08. The average Bonchev–Trinajstić information content (AvgIpc) is 2.42. The zero-order valence-electron chi connectivity index (χ0n) is 10.6. The van der Waals surface area contributed by atoms with Gasteiger partial charge in [-0.3, -0.25) is 0 Å². The zero-order valence-corrected chi connectivity index (χ0v) is 12.2. The van der Waals surface area contributed by atoms with Crippen molar-refractivity contribution in [1.82, 2.24) is 0 Å². The molecule has 0 aliphatic carbocycles. The Balaban J connectivity index is 2.79. The lowest BCUT2D eigenvalue weighted by atomic mass is 10.1. The van der Waals surface area contributed by atoms with E-state index in [1.165, 1.54) is 7.11 Å². The van der Waals surface area contributed by atoms with Crippen molar-refractivity contribution in [3.05, 3.63) is 29.3 Å². The Labute approximate surface area is 115 Å². The van der Waals surface area contributed by atoms with Crippen LogP contribution in [-0.2, 0) is 14.8 Å². The van der Waals surface area contributed by atoms with Gasteiger partial charge in [0.25, 0.3) is 0 Å². The fourth-order valence-corrected chi connectivity index (χ4v) is 1.78. The van der Waals surface area contributed by atoms with Crippen molar-refractivity contribution in [3.8, 4) is 5.75 Å². The third kappa shape index (κ3) is 4.31. The fraction of sp³-hybridized carbons (Fsp3) is 0.462. The molecule has 18 heavy (non-hydrogen) atoms. The number of methoxy groups -OCH3 is 2. The molecule has 0 bridgehead atoms. The molecule has 5 heteroatoms. The summed E-state index contributed by atoms with van der Waals surface area (Å²) in [7, 11) is 3.00. The molecule has 0 fully saturated rings. The second kappa shape index (κ2) is 8.11. The maximum absolute atomic E-state index is 11.6. The van der Waals surface area contributed by atoms with Crippen LogP contribution in [0.3, 0.4) is 0 Å². The minimum absolute atomic E-state index is 0.391. The Hall–Kier alpha value is -1.07. The Bertz CT molecular complexity index is 393. The molecule has 0 unspecified atom stereocenters. The van der Waals surface area contributed by atoms with Crippen LogP contribution in [0.5, 0.6) is 5.75 Å². The van der Waals surface area contributed by atoms with Gasteiger partial charge in [0.15, 0.2) is 0 Å². The summed E-state index contributed by atoms with van der Waals surface area (Å²) in [6.45, 7) is 1.13. The van der Waals surface area contributed by atoms with Gasteiger partial charge in [0.2, 0.25) is 0 Å². The van der Waals surface area contributed by atoms with E-state index in [2.05, 4.69) is 15.9 Å². The highest BCUT2D eigenvalue weighted by Gasteiger charge is 2.13. The summed E-state index contributed by atoms with van der Waals surface area (Å²) in [5.41, 5.74) is 1.49. The lowest BCUT2D eigenvalue weighted by molar-refractivity contribution is 0.0595. The summed E-state index contributed by atoms with van der Waals surface area (Å²) < 4.78 is 15.3. The van der Waals surface area contributed by atoms with E-state index >= 15 is 0 Å². The van der Waals surface area contributed by atoms with E-state index in [0.717, 1.165) is 12.0 Å². The molecule has 0 spiro atoms. The quantitative estimate of drug-likeness (QED) is 0.441. The standard InChI is InChI=1S/C13H17BrO4/c1-16-6-3-7-18-12-8-10(9-14)4-5-11(12)13(15)17-2/h4-5,8H,3,6-7,9H2,1-2H3. The number of hydrogen-bond acceptors (Lipinski definition) is 4. The highest BCUT2D eigenvalue weighted by atomic mass is 79.9. The van der Waals surface area contributed by atoms with E-state index in [4.69, 9.17) is 14.2 Å². The van der Waals surface area contributed by atoms with Crippen LogP contribution in [0.1, 0.15) is 22.3 Å². The van der Waals surface area contributed by atoms with Crippen molar-refractivity contribution < 1.29 is 19.0 Å². The van der Waals surface area contributed by atoms with Crippen molar-refractivity contribution in [3.63, 3.8) is 0 Å². The molecule has 0 aliphatic heterocycles. The Morgan fingerprint density at radius 3 is 2.67 bits per heavy atom. The van der Waals surface area contributed by atoms with Gasteiger partial charge in [-0.15, -0.1) is 0 Å². The zero-order chi connectivity index (χ0) is 13.4. The summed E-state index contributed by atoms with van der Waals surface area (Å²) in [5, 5.41) is 0.711. The number of carbonyl (C=O) groups excluding carboxylic acids is 1. The minimum Gasteiger partial charge on any atom is -0.493 e. The van der Waals surface area contributed by atoms with E-state index in [1.54, 1.807) is 13.2 Å². The van der Waals surface area contributed by atoms with Gasteiger partial charge in [-0.2, -0.15) is 0 Å².